The molecule has 0 spiro atoms. The molecule has 1 N–H and O–H groups in total. The molecular weight excluding hydrogens is 454 g/mol. The van der Waals surface area contributed by atoms with Gasteiger partial charge >= 0.3 is 0 Å². The second-order valence-electron chi connectivity index (χ2n) is 9.65. The smallest absolute Gasteiger partial charge is 0.159 e. The number of piperidine rings is 1. The second kappa shape index (κ2) is 10.8. The molecule has 2 heterocycles. The van der Waals surface area contributed by atoms with E-state index in [1.54, 1.807) is 33.5 Å². The van der Waals surface area contributed by atoms with Crippen molar-refractivity contribution in [1.29, 1.82) is 0 Å². The monoisotopic (exact) mass is 489 g/mol. The van der Waals surface area contributed by atoms with Crippen molar-refractivity contribution in [2.24, 2.45) is 5.92 Å². The number of phenolic OH excluding ortho intramolecular Hbond substituents is 1. The SMILES string of the molecule is COc1cccc([C@H]2COc3cc(O)ccc3[C@H]2c2ccc(N3CCC(C(OC)OC)CC3)cc2)c1. The van der Waals surface area contributed by atoms with Gasteiger partial charge in [-0.05, 0) is 54.3 Å². The zero-order chi connectivity index (χ0) is 25.1. The number of hydrogen-bond acceptors (Lipinski definition) is 6. The van der Waals surface area contributed by atoms with Crippen LogP contribution in [0.25, 0.3) is 0 Å². The van der Waals surface area contributed by atoms with Crippen molar-refractivity contribution in [2.75, 3.05) is 45.9 Å². The topological polar surface area (TPSA) is 60.4 Å². The molecule has 3 aromatic carbocycles. The van der Waals surface area contributed by atoms with E-state index in [4.69, 9.17) is 18.9 Å². The molecule has 3 aromatic rings. The fourth-order valence-electron chi connectivity index (χ4n) is 5.77. The largest absolute Gasteiger partial charge is 0.508 e. The molecule has 1 fully saturated rings. The van der Waals surface area contributed by atoms with E-state index in [9.17, 15) is 5.11 Å². The normalized spacial score (nSPS) is 20.2. The average Bonchev–Trinajstić information content (AvgIpc) is 2.93. The first-order chi connectivity index (χ1) is 17.6. The number of fused-ring (bicyclic) bond motifs is 1. The van der Waals surface area contributed by atoms with Crippen molar-refractivity contribution in [3.05, 3.63) is 83.4 Å². The van der Waals surface area contributed by atoms with Crippen molar-refractivity contribution in [3.63, 3.8) is 0 Å². The van der Waals surface area contributed by atoms with Gasteiger partial charge in [0, 0.05) is 62.4 Å². The van der Waals surface area contributed by atoms with Gasteiger partial charge in [-0.3, -0.25) is 0 Å². The number of hydrogen-bond donors (Lipinski definition) is 1. The number of nitrogens with zero attached hydrogens (tertiary/aromatic N) is 1. The first-order valence-corrected chi connectivity index (χ1v) is 12.6. The highest BCUT2D eigenvalue weighted by atomic mass is 16.7. The van der Waals surface area contributed by atoms with Gasteiger partial charge < -0.3 is 29.0 Å². The van der Waals surface area contributed by atoms with Crippen LogP contribution in [-0.4, -0.2) is 52.4 Å². The summed E-state index contributed by atoms with van der Waals surface area (Å²) < 4.78 is 22.6. The van der Waals surface area contributed by atoms with E-state index < -0.39 is 0 Å². The molecule has 0 amide bonds. The van der Waals surface area contributed by atoms with E-state index in [-0.39, 0.29) is 23.9 Å². The van der Waals surface area contributed by atoms with E-state index in [2.05, 4.69) is 41.3 Å². The number of phenols is 1. The van der Waals surface area contributed by atoms with Crippen LogP contribution in [0.1, 0.15) is 41.4 Å². The average molecular weight is 490 g/mol. The summed E-state index contributed by atoms with van der Waals surface area (Å²) in [7, 11) is 5.13. The molecule has 1 saturated heterocycles. The lowest BCUT2D eigenvalue weighted by molar-refractivity contribution is -0.141. The van der Waals surface area contributed by atoms with E-state index in [0.717, 1.165) is 43.0 Å². The lowest BCUT2D eigenvalue weighted by Gasteiger charge is -2.37. The highest BCUT2D eigenvalue weighted by Crippen LogP contribution is 2.47. The molecule has 0 bridgehead atoms. The maximum absolute atomic E-state index is 10.0. The van der Waals surface area contributed by atoms with Gasteiger partial charge in [-0.1, -0.05) is 30.3 Å². The van der Waals surface area contributed by atoms with Gasteiger partial charge in [0.2, 0.25) is 0 Å². The van der Waals surface area contributed by atoms with Gasteiger partial charge in [0.25, 0.3) is 0 Å². The zero-order valence-corrected chi connectivity index (χ0v) is 21.2. The molecule has 2 aliphatic heterocycles. The van der Waals surface area contributed by atoms with Gasteiger partial charge in [-0.15, -0.1) is 0 Å². The van der Waals surface area contributed by atoms with Gasteiger partial charge in [-0.25, -0.2) is 0 Å². The minimum Gasteiger partial charge on any atom is -0.508 e. The van der Waals surface area contributed by atoms with Crippen LogP contribution >= 0.6 is 0 Å². The summed E-state index contributed by atoms with van der Waals surface area (Å²) in [6.07, 6.45) is 1.96. The van der Waals surface area contributed by atoms with Crippen LogP contribution in [0, 0.1) is 5.92 Å². The van der Waals surface area contributed by atoms with Gasteiger partial charge in [0.15, 0.2) is 6.29 Å². The van der Waals surface area contributed by atoms with Crippen LogP contribution in [0.2, 0.25) is 0 Å². The Morgan fingerprint density at radius 3 is 2.33 bits per heavy atom. The van der Waals surface area contributed by atoms with Crippen LogP contribution in [0.4, 0.5) is 5.69 Å². The van der Waals surface area contributed by atoms with E-state index in [0.29, 0.717) is 12.5 Å². The van der Waals surface area contributed by atoms with Gasteiger partial charge in [0.05, 0.1) is 13.7 Å². The van der Waals surface area contributed by atoms with Crippen LogP contribution in [-0.2, 0) is 9.47 Å². The van der Waals surface area contributed by atoms with Crippen LogP contribution in [0.3, 0.4) is 0 Å². The molecule has 0 radical (unpaired) electrons. The first kappa shape index (κ1) is 24.5. The molecule has 0 unspecified atom stereocenters. The molecule has 0 aliphatic carbocycles. The number of rotatable bonds is 7. The Kier molecular flexibility index (Phi) is 7.35. The minimum atomic E-state index is -0.129. The second-order valence-corrected chi connectivity index (χ2v) is 9.65. The first-order valence-electron chi connectivity index (χ1n) is 12.6. The Morgan fingerprint density at radius 2 is 1.64 bits per heavy atom. The van der Waals surface area contributed by atoms with Crippen molar-refractivity contribution in [2.45, 2.75) is 31.0 Å². The molecule has 0 saturated carbocycles. The highest BCUT2D eigenvalue weighted by molar-refractivity contribution is 5.54. The molecule has 36 heavy (non-hydrogen) atoms. The number of anilines is 1. The number of benzene rings is 3. The Balaban J connectivity index is 1.41. The predicted octanol–water partition coefficient (Wildman–Crippen LogP) is 5.54. The summed E-state index contributed by atoms with van der Waals surface area (Å²) in [6, 6.07) is 22.6. The quantitative estimate of drug-likeness (QED) is 0.440. The maximum Gasteiger partial charge on any atom is 0.159 e. The minimum absolute atomic E-state index is 0.102. The molecule has 2 aliphatic rings. The molecule has 5 rings (SSSR count). The number of methoxy groups -OCH3 is 3. The predicted molar refractivity (Wildman–Crippen MR) is 140 cm³/mol. The third kappa shape index (κ3) is 4.88. The lowest BCUT2D eigenvalue weighted by atomic mass is 9.76. The number of ether oxygens (including phenoxy) is 4. The van der Waals surface area contributed by atoms with E-state index in [1.165, 1.54) is 16.8 Å². The van der Waals surface area contributed by atoms with Crippen molar-refractivity contribution >= 4 is 5.69 Å². The van der Waals surface area contributed by atoms with Crippen molar-refractivity contribution < 1.29 is 24.1 Å². The molecular formula is C30H35NO5. The Labute approximate surface area is 213 Å². The summed E-state index contributed by atoms with van der Waals surface area (Å²) in [5.74, 6) is 2.45. The van der Waals surface area contributed by atoms with Gasteiger partial charge in [-0.2, -0.15) is 0 Å². The van der Waals surface area contributed by atoms with E-state index >= 15 is 0 Å². The third-order valence-corrected chi connectivity index (χ3v) is 7.68. The van der Waals surface area contributed by atoms with Gasteiger partial charge in [0.1, 0.15) is 17.2 Å². The summed E-state index contributed by atoms with van der Waals surface area (Å²) in [4.78, 5) is 2.44. The van der Waals surface area contributed by atoms with Crippen molar-refractivity contribution in [1.82, 2.24) is 0 Å². The molecule has 6 nitrogen and oxygen atoms in total. The summed E-state index contributed by atoms with van der Waals surface area (Å²) in [5.41, 5.74) is 4.73. The molecule has 190 valence electrons. The Bertz CT molecular complexity index is 1150. The standard InChI is InChI=1S/C30H35NO5/c1-33-25-6-4-5-22(17-25)27-19-36-28-18-24(32)11-12-26(28)29(27)20-7-9-23(10-8-20)31-15-13-21(14-16-31)30(34-2)35-3/h4-12,17-18,21,27,29-30,32H,13-16,19H2,1-3H3/t27-,29-/m1/s1. The highest BCUT2D eigenvalue weighted by Gasteiger charge is 2.34. The zero-order valence-electron chi connectivity index (χ0n) is 21.2. The fourth-order valence-corrected chi connectivity index (χ4v) is 5.77. The van der Waals surface area contributed by atoms with Crippen LogP contribution in [0.15, 0.2) is 66.7 Å². The summed E-state index contributed by atoms with van der Waals surface area (Å²) >= 11 is 0. The molecule has 0 aromatic heterocycles. The lowest BCUT2D eigenvalue weighted by Crippen LogP contribution is -2.39. The fraction of sp³-hybridized carbons (Fsp3) is 0.400. The Hall–Kier alpha value is -3.22. The van der Waals surface area contributed by atoms with Crippen molar-refractivity contribution in [3.8, 4) is 17.2 Å². The van der Waals surface area contributed by atoms with Crippen LogP contribution in [0.5, 0.6) is 17.2 Å². The molecule has 2 atom stereocenters. The summed E-state index contributed by atoms with van der Waals surface area (Å²) in [6.45, 7) is 2.50. The van der Waals surface area contributed by atoms with Crippen LogP contribution < -0.4 is 14.4 Å². The van der Waals surface area contributed by atoms with E-state index in [1.807, 2.05) is 18.2 Å². The molecule has 6 heteroatoms. The number of aromatic hydroxyl groups is 1. The maximum atomic E-state index is 10.0. The third-order valence-electron chi connectivity index (χ3n) is 7.68. The Morgan fingerprint density at radius 1 is 0.889 bits per heavy atom. The summed E-state index contributed by atoms with van der Waals surface area (Å²) in [5, 5.41) is 10.0.